The SMILES string of the molecule is CC(C)(C)OC(=O)N[C@H]1C[C@H]1c1ccccc1.Cl.N[C@H]1C[C@H]1c1ccccc1.[2HH].[2H][2H]. The molecule has 2 saturated carbocycles. The Morgan fingerprint density at radius 2 is 1.46 bits per heavy atom. The van der Waals surface area contributed by atoms with Crippen molar-refractivity contribution in [2.75, 3.05) is 0 Å². The minimum absolute atomic E-state index is 0. The number of rotatable bonds is 3. The zero-order chi connectivity index (χ0) is 21.4. The highest BCUT2D eigenvalue weighted by Gasteiger charge is 2.40. The van der Waals surface area contributed by atoms with Gasteiger partial charge in [0.05, 0.1) is 0 Å². The fraction of sp³-hybridized carbons (Fsp3) is 0.435. The smallest absolute Gasteiger partial charge is 0.407 e. The van der Waals surface area contributed by atoms with E-state index in [1.54, 1.807) is 0 Å². The van der Waals surface area contributed by atoms with Gasteiger partial charge in [-0.3, -0.25) is 0 Å². The molecule has 0 bridgehead atoms. The Morgan fingerprint density at radius 1 is 1.00 bits per heavy atom. The summed E-state index contributed by atoms with van der Waals surface area (Å²) in [4.78, 5) is 11.6. The molecule has 2 fully saturated rings. The number of ether oxygens (including phenoxy) is 1. The molecule has 0 aromatic heterocycles. The average molecular weight is 410 g/mol. The number of amides is 1. The number of hydrogen-bond donors (Lipinski definition) is 2. The van der Waals surface area contributed by atoms with Gasteiger partial charge in [0.15, 0.2) is 0 Å². The van der Waals surface area contributed by atoms with Crippen LogP contribution >= 0.6 is 12.4 Å². The minimum atomic E-state index is -0.429. The maximum atomic E-state index is 11.6. The monoisotopic (exact) mass is 409 g/mol. The summed E-state index contributed by atoms with van der Waals surface area (Å²) in [6.45, 7) is 5.61. The highest BCUT2D eigenvalue weighted by atomic mass is 35.5. The Balaban J connectivity index is 0.000000553. The van der Waals surface area contributed by atoms with Gasteiger partial charge in [0.25, 0.3) is 0 Å². The third-order valence-corrected chi connectivity index (χ3v) is 4.79. The molecular formula is C23H35ClN2O2. The van der Waals surface area contributed by atoms with Crippen molar-refractivity contribution in [2.24, 2.45) is 5.73 Å². The van der Waals surface area contributed by atoms with Crippen molar-refractivity contribution in [1.29, 1.82) is 0 Å². The maximum absolute atomic E-state index is 11.6. The van der Waals surface area contributed by atoms with Gasteiger partial charge in [-0.2, -0.15) is 0 Å². The van der Waals surface area contributed by atoms with E-state index < -0.39 is 5.60 Å². The van der Waals surface area contributed by atoms with Crippen LogP contribution in [0.15, 0.2) is 60.7 Å². The first-order valence-electron chi connectivity index (χ1n) is 10.7. The lowest BCUT2D eigenvalue weighted by atomic mass is 10.1. The van der Waals surface area contributed by atoms with E-state index >= 15 is 0 Å². The maximum Gasteiger partial charge on any atom is 0.407 e. The molecule has 4 rings (SSSR count). The minimum Gasteiger partial charge on any atom is -0.444 e. The highest BCUT2D eigenvalue weighted by molar-refractivity contribution is 5.85. The Bertz CT molecular complexity index is 760. The molecule has 2 aliphatic carbocycles. The molecule has 28 heavy (non-hydrogen) atoms. The molecule has 4 nitrogen and oxygen atoms in total. The van der Waals surface area contributed by atoms with E-state index in [1.807, 2.05) is 45.0 Å². The molecule has 0 spiro atoms. The zero-order valence-electron chi connectivity index (χ0n) is 18.8. The van der Waals surface area contributed by atoms with Crippen LogP contribution in [0.25, 0.3) is 0 Å². The van der Waals surface area contributed by atoms with Gasteiger partial charge in [-0.15, -0.1) is 12.4 Å². The van der Waals surface area contributed by atoms with Crippen molar-refractivity contribution >= 4 is 18.5 Å². The fourth-order valence-electron chi connectivity index (χ4n) is 3.18. The largest absolute Gasteiger partial charge is 0.444 e. The van der Waals surface area contributed by atoms with Crippen LogP contribution in [0.2, 0.25) is 0 Å². The van der Waals surface area contributed by atoms with E-state index in [2.05, 4.69) is 41.7 Å². The Kier molecular flexibility index (Phi) is 6.97. The first kappa shape index (κ1) is 20.7. The van der Waals surface area contributed by atoms with E-state index in [0.29, 0.717) is 17.9 Å². The number of benzene rings is 2. The van der Waals surface area contributed by atoms with Gasteiger partial charge in [0.1, 0.15) is 5.60 Å². The molecular weight excluding hydrogens is 372 g/mol. The van der Waals surface area contributed by atoms with Gasteiger partial charge >= 0.3 is 6.09 Å². The molecule has 0 unspecified atom stereocenters. The number of carbonyl (C=O) groups is 1. The van der Waals surface area contributed by atoms with Crippen LogP contribution in [0.4, 0.5) is 4.79 Å². The number of alkyl carbamates (subject to hydrolysis) is 1. The lowest BCUT2D eigenvalue weighted by Crippen LogP contribution is -2.34. The van der Waals surface area contributed by atoms with Gasteiger partial charge < -0.3 is 15.8 Å². The lowest BCUT2D eigenvalue weighted by molar-refractivity contribution is 0.0523. The molecule has 2 aliphatic rings. The highest BCUT2D eigenvalue weighted by Crippen LogP contribution is 2.40. The van der Waals surface area contributed by atoms with Gasteiger partial charge in [-0.1, -0.05) is 60.7 Å². The predicted octanol–water partition coefficient (Wildman–Crippen LogP) is 5.48. The van der Waals surface area contributed by atoms with Crippen molar-refractivity contribution < 1.29 is 13.9 Å². The van der Waals surface area contributed by atoms with Crippen molar-refractivity contribution in [1.82, 2.24) is 5.32 Å². The normalized spacial score (nSPS) is 25.0. The summed E-state index contributed by atoms with van der Waals surface area (Å²) in [6, 6.07) is 21.4. The summed E-state index contributed by atoms with van der Waals surface area (Å²) in [7, 11) is 0. The van der Waals surface area contributed by atoms with Crippen LogP contribution in [-0.2, 0) is 4.74 Å². The van der Waals surface area contributed by atoms with E-state index in [4.69, 9.17) is 13.4 Å². The van der Waals surface area contributed by atoms with Gasteiger partial charge in [-0.25, -0.2) is 4.79 Å². The lowest BCUT2D eigenvalue weighted by Gasteiger charge is -2.19. The Labute approximate surface area is 178 Å². The number of nitrogens with two attached hydrogens (primary N) is 1. The topological polar surface area (TPSA) is 64.3 Å². The first-order chi connectivity index (χ1) is 13.8. The standard InChI is InChI=1S/C14H19NO2.C9H11N.ClH.2H2/c1-14(2,3)17-13(16)15-12-9-11(12)10-7-5-4-6-8-10;10-9-6-8(9)7-4-2-1-3-5-7;;;/h4-8,11-12H,9H2,1-3H3,(H,15,16);1-5,8-9H,6,10H2;3*1H/t11-,12-;8-,9-;;;/m00.../s1/i;;;1+1D;1+1. The molecule has 0 saturated heterocycles. The van der Waals surface area contributed by atoms with Crippen LogP contribution in [0.1, 0.15) is 61.0 Å². The summed E-state index contributed by atoms with van der Waals surface area (Å²) in [5.41, 5.74) is 7.95. The summed E-state index contributed by atoms with van der Waals surface area (Å²) < 4.78 is 15.2. The van der Waals surface area contributed by atoms with Crippen molar-refractivity contribution in [3.63, 3.8) is 0 Å². The Hall–Kier alpha value is -2.04. The van der Waals surface area contributed by atoms with E-state index in [-0.39, 0.29) is 26.0 Å². The van der Waals surface area contributed by atoms with Crippen LogP contribution in [0.5, 0.6) is 0 Å². The number of hydrogen-bond acceptors (Lipinski definition) is 3. The number of carbonyl (C=O) groups excluding carboxylic acids is 1. The van der Waals surface area contributed by atoms with E-state index in [0.717, 1.165) is 6.42 Å². The fourth-order valence-corrected chi connectivity index (χ4v) is 3.18. The molecule has 0 heterocycles. The zero-order valence-corrected chi connectivity index (χ0v) is 17.6. The second-order valence-electron chi connectivity index (χ2n) is 8.42. The van der Waals surface area contributed by atoms with Crippen molar-refractivity contribution in [3.8, 4) is 0 Å². The predicted molar refractivity (Wildman–Crippen MR) is 120 cm³/mol. The summed E-state index contributed by atoms with van der Waals surface area (Å²) >= 11 is 0. The molecule has 1 amide bonds. The van der Waals surface area contributed by atoms with Gasteiger partial charge in [0, 0.05) is 28.3 Å². The molecule has 2 aromatic carbocycles. The third-order valence-electron chi connectivity index (χ3n) is 4.79. The molecule has 0 radical (unpaired) electrons. The molecule has 0 aliphatic heterocycles. The summed E-state index contributed by atoms with van der Waals surface area (Å²) in [6.07, 6.45) is 1.86. The van der Waals surface area contributed by atoms with Crippen molar-refractivity contribution in [2.45, 2.75) is 63.1 Å². The quantitative estimate of drug-likeness (QED) is 0.705. The molecule has 2 aromatic rings. The van der Waals surface area contributed by atoms with Crippen LogP contribution in [0.3, 0.4) is 0 Å². The van der Waals surface area contributed by atoms with Crippen LogP contribution in [0, 0.1) is 0 Å². The van der Waals surface area contributed by atoms with Crippen LogP contribution in [-0.4, -0.2) is 23.8 Å². The van der Waals surface area contributed by atoms with Gasteiger partial charge in [-0.05, 0) is 44.7 Å². The third kappa shape index (κ3) is 6.84. The van der Waals surface area contributed by atoms with Crippen LogP contribution < -0.4 is 11.1 Å². The molecule has 156 valence electrons. The summed E-state index contributed by atoms with van der Waals surface area (Å²) in [5.74, 6) is 1.10. The molecule has 3 N–H and O–H groups in total. The second kappa shape index (κ2) is 9.44. The average Bonchev–Trinajstić information content (AvgIpc) is 3.61. The molecule has 4 atom stereocenters. The number of nitrogens with one attached hydrogen (secondary N) is 1. The summed E-state index contributed by atoms with van der Waals surface area (Å²) in [5, 5.41) is 2.90. The Morgan fingerprint density at radius 3 is 1.89 bits per heavy atom. The first-order valence-corrected chi connectivity index (χ1v) is 9.68. The van der Waals surface area contributed by atoms with E-state index in [1.165, 1.54) is 17.5 Å². The molecule has 5 heteroatoms. The van der Waals surface area contributed by atoms with Crippen molar-refractivity contribution in [3.05, 3.63) is 71.8 Å². The van der Waals surface area contributed by atoms with E-state index in [9.17, 15) is 4.79 Å². The van der Waals surface area contributed by atoms with Gasteiger partial charge in [0.2, 0.25) is 0 Å². The number of halogens is 1. The second-order valence-corrected chi connectivity index (χ2v) is 8.42.